The van der Waals surface area contributed by atoms with E-state index in [1.807, 2.05) is 6.07 Å². The first kappa shape index (κ1) is 20.3. The first-order valence-electron chi connectivity index (χ1n) is 9.00. The van der Waals surface area contributed by atoms with Gasteiger partial charge in [0.05, 0.1) is 16.8 Å². The van der Waals surface area contributed by atoms with Crippen molar-refractivity contribution in [3.63, 3.8) is 0 Å². The van der Waals surface area contributed by atoms with E-state index < -0.39 is 17.7 Å². The van der Waals surface area contributed by atoms with E-state index in [2.05, 4.69) is 20.3 Å². The number of hydrogen-bond donors (Lipinski definition) is 3. The maximum absolute atomic E-state index is 13.8. The molecule has 0 aliphatic carbocycles. The maximum Gasteiger partial charge on any atom is 0.224 e. The number of pyridine rings is 1. The van der Waals surface area contributed by atoms with Crippen LogP contribution in [0.5, 0.6) is 0 Å². The number of benzene rings is 1. The number of aromatic nitrogens is 4. The molecule has 3 aromatic heterocycles. The highest BCUT2D eigenvalue weighted by atomic mass is 35.5. The summed E-state index contributed by atoms with van der Waals surface area (Å²) in [5.41, 5.74) is 12.8. The summed E-state index contributed by atoms with van der Waals surface area (Å²) in [6.07, 6.45) is 3.16. The minimum Gasteiger partial charge on any atom is -0.382 e. The predicted molar refractivity (Wildman–Crippen MR) is 114 cm³/mol. The molecular weight excluding hydrogens is 426 g/mol. The van der Waals surface area contributed by atoms with E-state index in [1.54, 1.807) is 19.2 Å². The minimum atomic E-state index is -0.725. The van der Waals surface area contributed by atoms with Gasteiger partial charge in [-0.15, -0.1) is 0 Å². The number of hydrogen-bond acceptors (Lipinski definition) is 7. The van der Waals surface area contributed by atoms with Crippen molar-refractivity contribution in [3.8, 4) is 11.8 Å². The predicted octanol–water partition coefficient (Wildman–Crippen LogP) is 3.96. The van der Waals surface area contributed by atoms with Crippen LogP contribution in [-0.2, 0) is 0 Å². The monoisotopic (exact) mass is 440 g/mol. The van der Waals surface area contributed by atoms with Gasteiger partial charge in [-0.3, -0.25) is 0 Å². The Morgan fingerprint density at radius 3 is 2.58 bits per heavy atom. The fourth-order valence-corrected chi connectivity index (χ4v) is 3.59. The molecule has 0 radical (unpaired) electrons. The van der Waals surface area contributed by atoms with E-state index in [9.17, 15) is 14.0 Å². The van der Waals surface area contributed by atoms with Gasteiger partial charge in [0.1, 0.15) is 34.7 Å². The molecule has 1 aromatic carbocycles. The number of nitrogens with zero attached hydrogens (tertiary/aromatic N) is 5. The van der Waals surface area contributed by atoms with E-state index in [0.717, 1.165) is 6.07 Å². The van der Waals surface area contributed by atoms with Gasteiger partial charge in [-0.2, -0.15) is 15.2 Å². The number of anilines is 3. The topological polar surface area (TPSA) is 131 Å². The summed E-state index contributed by atoms with van der Waals surface area (Å²) in [5, 5.41) is 13.4. The summed E-state index contributed by atoms with van der Waals surface area (Å²) in [7, 11) is 0. The van der Waals surface area contributed by atoms with Gasteiger partial charge in [-0.05, 0) is 25.1 Å². The third kappa shape index (κ3) is 3.67. The smallest absolute Gasteiger partial charge is 0.224 e. The number of nitrogen functional groups attached to an aromatic ring is 2. The van der Waals surface area contributed by atoms with Gasteiger partial charge in [-0.1, -0.05) is 11.6 Å². The Balaban J connectivity index is 1.86. The SMILES string of the molecule is C[C@H](Nc1nc(N)nc(N)c1C#N)c1cn(-c2cc(F)cc(F)c2)c2nccc(Cl)c12. The second kappa shape index (κ2) is 7.70. The number of fused-ring (bicyclic) bond motifs is 1. The fraction of sp³-hybridized carbons (Fsp3) is 0.100. The lowest BCUT2D eigenvalue weighted by Gasteiger charge is -2.16. The van der Waals surface area contributed by atoms with Gasteiger partial charge in [-0.25, -0.2) is 13.8 Å². The molecule has 156 valence electrons. The Hall–Kier alpha value is -3.97. The van der Waals surface area contributed by atoms with Crippen LogP contribution in [-0.4, -0.2) is 19.5 Å². The van der Waals surface area contributed by atoms with Gasteiger partial charge in [0.15, 0.2) is 5.82 Å². The molecule has 0 saturated carbocycles. The first-order valence-corrected chi connectivity index (χ1v) is 9.37. The highest BCUT2D eigenvalue weighted by Crippen LogP contribution is 2.35. The van der Waals surface area contributed by atoms with Crippen molar-refractivity contribution in [1.29, 1.82) is 5.26 Å². The molecule has 0 saturated heterocycles. The molecule has 0 fully saturated rings. The van der Waals surface area contributed by atoms with Crippen LogP contribution in [0, 0.1) is 23.0 Å². The quantitative estimate of drug-likeness (QED) is 0.437. The fourth-order valence-electron chi connectivity index (χ4n) is 3.34. The lowest BCUT2D eigenvalue weighted by atomic mass is 10.1. The van der Waals surface area contributed by atoms with Crippen LogP contribution in [0.25, 0.3) is 16.7 Å². The third-order valence-corrected chi connectivity index (χ3v) is 4.99. The van der Waals surface area contributed by atoms with Gasteiger partial charge in [0.2, 0.25) is 5.95 Å². The summed E-state index contributed by atoms with van der Waals surface area (Å²) in [6, 6.07) is 6.25. The Labute approximate surface area is 180 Å². The van der Waals surface area contributed by atoms with Gasteiger partial charge in [0.25, 0.3) is 0 Å². The van der Waals surface area contributed by atoms with Gasteiger partial charge in [0, 0.05) is 29.4 Å². The summed E-state index contributed by atoms with van der Waals surface area (Å²) >= 11 is 6.43. The molecule has 0 aliphatic rings. The highest BCUT2D eigenvalue weighted by Gasteiger charge is 2.21. The molecule has 0 aliphatic heterocycles. The van der Waals surface area contributed by atoms with Gasteiger partial charge < -0.3 is 21.4 Å². The average molecular weight is 441 g/mol. The minimum absolute atomic E-state index is 0.0428. The molecule has 0 spiro atoms. The molecule has 5 N–H and O–H groups in total. The van der Waals surface area contributed by atoms with Crippen molar-refractivity contribution < 1.29 is 8.78 Å². The molecule has 0 amide bonds. The Kier molecular flexibility index (Phi) is 5.04. The van der Waals surface area contributed by atoms with E-state index >= 15 is 0 Å². The molecule has 4 aromatic rings. The van der Waals surface area contributed by atoms with Crippen LogP contribution in [0.4, 0.5) is 26.4 Å². The lowest BCUT2D eigenvalue weighted by molar-refractivity contribution is 0.582. The highest BCUT2D eigenvalue weighted by molar-refractivity contribution is 6.35. The van der Waals surface area contributed by atoms with Crippen molar-refractivity contribution >= 4 is 40.2 Å². The van der Waals surface area contributed by atoms with Crippen LogP contribution in [0.3, 0.4) is 0 Å². The molecule has 4 rings (SSSR count). The number of nitrogens with two attached hydrogens (primary N) is 2. The van der Waals surface area contributed by atoms with Crippen molar-refractivity contribution in [3.05, 3.63) is 64.4 Å². The molecule has 8 nitrogen and oxygen atoms in total. The van der Waals surface area contributed by atoms with Crippen molar-refractivity contribution in [2.75, 3.05) is 16.8 Å². The first-order chi connectivity index (χ1) is 14.8. The summed E-state index contributed by atoms with van der Waals surface area (Å²) < 4.78 is 29.2. The van der Waals surface area contributed by atoms with Crippen LogP contribution in [0.1, 0.15) is 24.1 Å². The second-order valence-electron chi connectivity index (χ2n) is 6.74. The van der Waals surface area contributed by atoms with E-state index in [-0.39, 0.29) is 28.8 Å². The molecular formula is C20H15ClF2N8. The molecule has 1 atom stereocenters. The number of rotatable bonds is 4. The third-order valence-electron chi connectivity index (χ3n) is 4.68. The number of nitriles is 1. The standard InChI is InChI=1S/C20H15ClF2N8/c1-9(28-18-13(7-24)17(25)29-20(26)30-18)14-8-31(12-5-10(22)4-11(23)6-12)19-16(14)15(21)2-3-27-19/h2-6,8-9H,1H3,(H5,25,26,28,29,30)/t9-/m0/s1. The largest absolute Gasteiger partial charge is 0.382 e. The molecule has 11 heteroatoms. The summed E-state index contributed by atoms with van der Waals surface area (Å²) in [4.78, 5) is 12.2. The second-order valence-corrected chi connectivity index (χ2v) is 7.15. The van der Waals surface area contributed by atoms with Gasteiger partial charge >= 0.3 is 0 Å². The zero-order valence-electron chi connectivity index (χ0n) is 16.1. The van der Waals surface area contributed by atoms with Crippen molar-refractivity contribution in [2.45, 2.75) is 13.0 Å². The number of halogens is 3. The average Bonchev–Trinajstić information content (AvgIpc) is 3.08. The lowest BCUT2D eigenvalue weighted by Crippen LogP contribution is -2.13. The molecule has 31 heavy (non-hydrogen) atoms. The zero-order valence-corrected chi connectivity index (χ0v) is 16.8. The van der Waals surface area contributed by atoms with E-state index in [4.69, 9.17) is 23.1 Å². The summed E-state index contributed by atoms with van der Waals surface area (Å²) in [5.74, 6) is -1.45. The van der Waals surface area contributed by atoms with Crippen LogP contribution >= 0.6 is 11.6 Å². The normalized spacial score (nSPS) is 12.0. The van der Waals surface area contributed by atoms with Crippen LogP contribution in [0.15, 0.2) is 36.7 Å². The number of nitrogens with one attached hydrogen (secondary N) is 1. The Morgan fingerprint density at radius 2 is 1.90 bits per heavy atom. The Morgan fingerprint density at radius 1 is 1.19 bits per heavy atom. The van der Waals surface area contributed by atoms with E-state index in [0.29, 0.717) is 21.6 Å². The Bertz CT molecular complexity index is 1340. The zero-order chi connectivity index (χ0) is 22.3. The van der Waals surface area contributed by atoms with Crippen molar-refractivity contribution in [1.82, 2.24) is 19.5 Å². The molecule has 0 bridgehead atoms. The summed E-state index contributed by atoms with van der Waals surface area (Å²) in [6.45, 7) is 1.80. The van der Waals surface area contributed by atoms with Crippen LogP contribution in [0.2, 0.25) is 5.02 Å². The maximum atomic E-state index is 13.8. The molecule has 0 unspecified atom stereocenters. The van der Waals surface area contributed by atoms with Crippen molar-refractivity contribution in [2.24, 2.45) is 0 Å². The molecule has 3 heterocycles. The van der Waals surface area contributed by atoms with E-state index in [1.165, 1.54) is 22.9 Å². The van der Waals surface area contributed by atoms with Crippen LogP contribution < -0.4 is 16.8 Å².